The van der Waals surface area contributed by atoms with Gasteiger partial charge in [-0.1, -0.05) is 0 Å². The van der Waals surface area contributed by atoms with Crippen LogP contribution < -0.4 is 4.74 Å². The lowest BCUT2D eigenvalue weighted by Crippen LogP contribution is -2.52. The van der Waals surface area contributed by atoms with E-state index < -0.39 is 0 Å². The molecule has 10 nitrogen and oxygen atoms in total. The van der Waals surface area contributed by atoms with Crippen LogP contribution >= 0.6 is 0 Å². The minimum absolute atomic E-state index is 0.0393. The number of hydrogen-bond donors (Lipinski definition) is 0. The van der Waals surface area contributed by atoms with Gasteiger partial charge < -0.3 is 19.3 Å². The Labute approximate surface area is 174 Å². The van der Waals surface area contributed by atoms with Gasteiger partial charge in [-0.3, -0.25) is 9.59 Å². The molecule has 0 saturated carbocycles. The fourth-order valence-electron chi connectivity index (χ4n) is 3.80. The first-order valence-electron chi connectivity index (χ1n) is 10.3. The summed E-state index contributed by atoms with van der Waals surface area (Å²) in [7, 11) is 0. The maximum absolute atomic E-state index is 13.1. The van der Waals surface area contributed by atoms with E-state index in [0.717, 1.165) is 12.8 Å². The van der Waals surface area contributed by atoms with Gasteiger partial charge in [-0.15, -0.1) is 0 Å². The molecule has 2 aromatic heterocycles. The fourth-order valence-corrected chi connectivity index (χ4v) is 3.80. The quantitative estimate of drug-likeness (QED) is 0.714. The van der Waals surface area contributed by atoms with Gasteiger partial charge >= 0.3 is 0 Å². The van der Waals surface area contributed by atoms with Gasteiger partial charge in [0, 0.05) is 38.9 Å². The summed E-state index contributed by atoms with van der Waals surface area (Å²) < 4.78 is 12.5. The summed E-state index contributed by atoms with van der Waals surface area (Å²) in [5, 5.41) is 4.34. The molecule has 30 heavy (non-hydrogen) atoms. The summed E-state index contributed by atoms with van der Waals surface area (Å²) in [5.74, 6) is 0.939. The van der Waals surface area contributed by atoms with E-state index in [1.807, 2.05) is 13.8 Å². The predicted molar refractivity (Wildman–Crippen MR) is 107 cm³/mol. The zero-order valence-electron chi connectivity index (χ0n) is 17.3. The van der Waals surface area contributed by atoms with Crippen LogP contribution in [0.4, 0.5) is 0 Å². The Morgan fingerprint density at radius 2 is 1.97 bits per heavy atom. The number of carbonyl (C=O) groups is 2. The largest absolute Gasteiger partial charge is 0.478 e. The first kappa shape index (κ1) is 20.3. The van der Waals surface area contributed by atoms with Gasteiger partial charge in [0.1, 0.15) is 12.4 Å². The van der Waals surface area contributed by atoms with E-state index in [-0.39, 0.29) is 17.9 Å². The van der Waals surface area contributed by atoms with Crippen LogP contribution in [0.5, 0.6) is 5.88 Å². The number of ether oxygens (including phenoxy) is 2. The van der Waals surface area contributed by atoms with E-state index in [4.69, 9.17) is 9.47 Å². The molecule has 1 unspecified atom stereocenters. The molecule has 2 aliphatic rings. The topological polar surface area (TPSA) is 103 Å². The first-order chi connectivity index (χ1) is 14.6. The van der Waals surface area contributed by atoms with E-state index in [9.17, 15) is 9.59 Å². The van der Waals surface area contributed by atoms with Gasteiger partial charge in [0.2, 0.25) is 5.88 Å². The van der Waals surface area contributed by atoms with Crippen molar-refractivity contribution in [3.63, 3.8) is 0 Å². The molecular weight excluding hydrogens is 388 g/mol. The van der Waals surface area contributed by atoms with Gasteiger partial charge in [0.25, 0.3) is 11.8 Å². The number of carbonyl (C=O) groups excluding carboxylic acids is 2. The lowest BCUT2D eigenvalue weighted by molar-refractivity contribution is -0.142. The van der Waals surface area contributed by atoms with Crippen molar-refractivity contribution >= 4 is 11.8 Å². The third-order valence-corrected chi connectivity index (χ3v) is 5.46. The minimum atomic E-state index is -0.317. The van der Waals surface area contributed by atoms with Crippen LogP contribution in [0.3, 0.4) is 0 Å². The summed E-state index contributed by atoms with van der Waals surface area (Å²) in [5.41, 5.74) is 1.21. The molecule has 0 radical (unpaired) electrons. The van der Waals surface area contributed by atoms with Gasteiger partial charge in [-0.25, -0.2) is 14.6 Å². The number of rotatable bonds is 5. The molecule has 2 amide bonds. The average Bonchev–Trinajstić information content (AvgIpc) is 3.43. The van der Waals surface area contributed by atoms with Crippen LogP contribution in [-0.4, -0.2) is 86.9 Å². The lowest BCUT2D eigenvalue weighted by atomic mass is 10.1. The molecule has 0 spiro atoms. The van der Waals surface area contributed by atoms with Crippen molar-refractivity contribution in [1.82, 2.24) is 29.5 Å². The van der Waals surface area contributed by atoms with Crippen LogP contribution in [0.25, 0.3) is 5.82 Å². The Bertz CT molecular complexity index is 916. The summed E-state index contributed by atoms with van der Waals surface area (Å²) >= 11 is 0. The standard InChI is InChI=1S/C20H26N6O4/c1-3-29-18-11-17(21-13-22-18)26-14(2)15(12-23-26)19(27)24-6-8-25(9-7-24)20(28)16-5-4-10-30-16/h11-13,16H,3-10H2,1-2H3. The Kier molecular flexibility index (Phi) is 5.93. The second-order valence-electron chi connectivity index (χ2n) is 7.32. The van der Waals surface area contributed by atoms with E-state index in [1.165, 1.54) is 6.33 Å². The monoisotopic (exact) mass is 414 g/mol. The number of nitrogens with zero attached hydrogens (tertiary/aromatic N) is 6. The molecule has 160 valence electrons. The Morgan fingerprint density at radius 3 is 2.67 bits per heavy atom. The maximum Gasteiger partial charge on any atom is 0.257 e. The third-order valence-electron chi connectivity index (χ3n) is 5.46. The van der Waals surface area contributed by atoms with Crippen molar-refractivity contribution < 1.29 is 19.1 Å². The second kappa shape index (κ2) is 8.78. The van der Waals surface area contributed by atoms with Gasteiger partial charge in [0.15, 0.2) is 5.82 Å². The first-order valence-corrected chi connectivity index (χ1v) is 10.3. The van der Waals surface area contributed by atoms with Crippen LogP contribution in [0, 0.1) is 6.92 Å². The molecule has 0 aromatic carbocycles. The normalized spacial score (nSPS) is 19.2. The predicted octanol–water partition coefficient (Wildman–Crippen LogP) is 0.833. The van der Waals surface area contributed by atoms with Crippen molar-refractivity contribution in [3.05, 3.63) is 29.8 Å². The van der Waals surface area contributed by atoms with E-state index >= 15 is 0 Å². The molecule has 10 heteroatoms. The SMILES string of the molecule is CCOc1cc(-n2ncc(C(=O)N3CCN(C(=O)C4CCCO4)CC3)c2C)ncn1. The van der Waals surface area contributed by atoms with Crippen molar-refractivity contribution in [1.29, 1.82) is 0 Å². The molecule has 0 N–H and O–H groups in total. The Hall–Kier alpha value is -3.01. The molecule has 2 aliphatic heterocycles. The number of aromatic nitrogens is 4. The molecule has 0 bridgehead atoms. The van der Waals surface area contributed by atoms with Crippen molar-refractivity contribution in [2.45, 2.75) is 32.8 Å². The smallest absolute Gasteiger partial charge is 0.257 e. The molecule has 2 saturated heterocycles. The zero-order valence-corrected chi connectivity index (χ0v) is 17.3. The summed E-state index contributed by atoms with van der Waals surface area (Å²) in [6.45, 7) is 6.87. The van der Waals surface area contributed by atoms with Crippen LogP contribution in [0.15, 0.2) is 18.6 Å². The highest BCUT2D eigenvalue weighted by Crippen LogP contribution is 2.19. The summed E-state index contributed by atoms with van der Waals surface area (Å²) in [6.07, 6.45) is 4.36. The highest BCUT2D eigenvalue weighted by atomic mass is 16.5. The molecule has 1 atom stereocenters. The van der Waals surface area contributed by atoms with Crippen LogP contribution in [0.2, 0.25) is 0 Å². The van der Waals surface area contributed by atoms with Crippen molar-refractivity contribution in [2.24, 2.45) is 0 Å². The summed E-state index contributed by atoms with van der Waals surface area (Å²) in [4.78, 5) is 37.4. The molecule has 0 aliphatic carbocycles. The fraction of sp³-hybridized carbons (Fsp3) is 0.550. The molecule has 2 fully saturated rings. The van der Waals surface area contributed by atoms with Crippen molar-refractivity contribution in [2.75, 3.05) is 39.4 Å². The number of amides is 2. The number of piperazine rings is 1. The second-order valence-corrected chi connectivity index (χ2v) is 7.32. The van der Waals surface area contributed by atoms with Crippen LogP contribution in [0.1, 0.15) is 35.8 Å². The lowest BCUT2D eigenvalue weighted by Gasteiger charge is -2.35. The highest BCUT2D eigenvalue weighted by Gasteiger charge is 2.32. The third kappa shape index (κ3) is 4.00. The van der Waals surface area contributed by atoms with E-state index in [2.05, 4.69) is 15.1 Å². The van der Waals surface area contributed by atoms with Crippen LogP contribution in [-0.2, 0) is 9.53 Å². The Balaban J connectivity index is 1.42. The van der Waals surface area contributed by atoms with Gasteiger partial charge in [-0.2, -0.15) is 5.10 Å². The maximum atomic E-state index is 13.1. The highest BCUT2D eigenvalue weighted by molar-refractivity contribution is 5.95. The van der Waals surface area contributed by atoms with Gasteiger partial charge in [0.05, 0.1) is 24.1 Å². The zero-order chi connectivity index (χ0) is 21.1. The molecule has 2 aromatic rings. The minimum Gasteiger partial charge on any atom is -0.478 e. The van der Waals surface area contributed by atoms with Gasteiger partial charge in [-0.05, 0) is 26.7 Å². The molecule has 4 heterocycles. The van der Waals surface area contributed by atoms with E-state index in [1.54, 1.807) is 26.7 Å². The molecular formula is C20H26N6O4. The Morgan fingerprint density at radius 1 is 1.20 bits per heavy atom. The number of hydrogen-bond acceptors (Lipinski definition) is 7. The summed E-state index contributed by atoms with van der Waals surface area (Å²) in [6, 6.07) is 1.69. The molecule has 4 rings (SSSR count). The average molecular weight is 414 g/mol. The van der Waals surface area contributed by atoms with Crippen molar-refractivity contribution in [3.8, 4) is 11.7 Å². The van der Waals surface area contributed by atoms with E-state index in [0.29, 0.717) is 62.3 Å².